The molecule has 32 heavy (non-hydrogen) atoms. The topological polar surface area (TPSA) is 64.2 Å². The third-order valence-electron chi connectivity index (χ3n) is 5.53. The molecule has 0 radical (unpaired) electrons. The number of aromatic hydroxyl groups is 1. The molecule has 0 bridgehead atoms. The lowest BCUT2D eigenvalue weighted by molar-refractivity contribution is 0.464. The van der Waals surface area contributed by atoms with Crippen LogP contribution in [0.1, 0.15) is 5.69 Å². The summed E-state index contributed by atoms with van der Waals surface area (Å²) in [5.41, 5.74) is 2.81. The van der Waals surface area contributed by atoms with E-state index >= 15 is 0 Å². The van der Waals surface area contributed by atoms with Gasteiger partial charge in [0.15, 0.2) is 5.75 Å². The third-order valence-corrected chi connectivity index (χ3v) is 5.53. The minimum atomic E-state index is -0.482. The first-order valence-electron chi connectivity index (χ1n) is 10.3. The summed E-state index contributed by atoms with van der Waals surface area (Å²) in [5, 5.41) is 11.9. The van der Waals surface area contributed by atoms with Gasteiger partial charge in [-0.2, -0.15) is 0 Å². The summed E-state index contributed by atoms with van der Waals surface area (Å²) in [6.45, 7) is 0.189. The fourth-order valence-electron chi connectivity index (χ4n) is 3.90. The van der Waals surface area contributed by atoms with Crippen LogP contribution in [0.5, 0.6) is 5.75 Å². The molecule has 2 aromatic heterocycles. The molecule has 0 amide bonds. The van der Waals surface area contributed by atoms with Gasteiger partial charge in [-0.25, -0.2) is 0 Å². The summed E-state index contributed by atoms with van der Waals surface area (Å²) in [7, 11) is 0. The van der Waals surface area contributed by atoms with Gasteiger partial charge in [0.05, 0.1) is 12.7 Å². The largest absolute Gasteiger partial charge is 0.503 e. The average molecular weight is 420 g/mol. The van der Waals surface area contributed by atoms with Gasteiger partial charge in [0.25, 0.3) is 5.56 Å². The van der Waals surface area contributed by atoms with E-state index in [1.54, 1.807) is 21.4 Å². The molecule has 5 aromatic rings. The molecule has 0 unspecified atom stereocenters. The van der Waals surface area contributed by atoms with E-state index in [1.807, 2.05) is 78.9 Å². The number of nitrogens with zero attached hydrogens (tertiary/aromatic N) is 2. The Kier molecular flexibility index (Phi) is 4.92. The monoisotopic (exact) mass is 420 g/mol. The van der Waals surface area contributed by atoms with E-state index in [4.69, 9.17) is 0 Å². The second-order valence-corrected chi connectivity index (χ2v) is 7.67. The first-order chi connectivity index (χ1) is 15.6. The van der Waals surface area contributed by atoms with Crippen molar-refractivity contribution in [2.24, 2.45) is 0 Å². The minimum Gasteiger partial charge on any atom is -0.503 e. The highest BCUT2D eigenvalue weighted by molar-refractivity contribution is 5.81. The van der Waals surface area contributed by atoms with E-state index in [0.717, 1.165) is 27.6 Å². The smallest absolute Gasteiger partial charge is 0.251 e. The molecule has 0 atom stereocenters. The van der Waals surface area contributed by atoms with Crippen LogP contribution in [0, 0.1) is 0 Å². The van der Waals surface area contributed by atoms with Crippen molar-refractivity contribution < 1.29 is 5.11 Å². The summed E-state index contributed by atoms with van der Waals surface area (Å²) >= 11 is 0. The van der Waals surface area contributed by atoms with Gasteiger partial charge in [0.1, 0.15) is 0 Å². The summed E-state index contributed by atoms with van der Waals surface area (Å²) in [4.78, 5) is 25.0. The SMILES string of the molecule is O=c1cc(Cn2cc3ccccc3cc2=O)n(-c2cccc(-c3ccccc3)c2)cc1O. The van der Waals surface area contributed by atoms with E-state index in [2.05, 4.69) is 0 Å². The molecule has 5 rings (SSSR count). The van der Waals surface area contributed by atoms with Gasteiger partial charge in [-0.1, -0.05) is 66.7 Å². The van der Waals surface area contributed by atoms with E-state index in [0.29, 0.717) is 5.69 Å². The van der Waals surface area contributed by atoms with Gasteiger partial charge in [0, 0.05) is 29.7 Å². The number of benzene rings is 3. The van der Waals surface area contributed by atoms with Crippen LogP contribution in [0.3, 0.4) is 0 Å². The normalized spacial score (nSPS) is 11.0. The molecule has 0 spiro atoms. The Hall–Kier alpha value is -4.38. The number of rotatable bonds is 4. The third kappa shape index (κ3) is 3.72. The van der Waals surface area contributed by atoms with Crippen molar-refractivity contribution in [3.05, 3.63) is 130 Å². The molecule has 0 aliphatic rings. The molecular formula is C27H20N2O3. The zero-order valence-corrected chi connectivity index (χ0v) is 17.2. The van der Waals surface area contributed by atoms with Gasteiger partial charge < -0.3 is 14.2 Å². The predicted octanol–water partition coefficient (Wildman–Crippen LogP) is 4.57. The van der Waals surface area contributed by atoms with Crippen LogP contribution in [-0.4, -0.2) is 14.2 Å². The van der Waals surface area contributed by atoms with Crippen LogP contribution < -0.4 is 11.0 Å². The Bertz CT molecular complexity index is 1550. The Labute approximate surface area is 184 Å². The molecule has 0 saturated carbocycles. The maximum Gasteiger partial charge on any atom is 0.251 e. The van der Waals surface area contributed by atoms with Crippen LogP contribution in [0.2, 0.25) is 0 Å². The van der Waals surface area contributed by atoms with Gasteiger partial charge in [0.2, 0.25) is 5.43 Å². The molecule has 2 heterocycles. The van der Waals surface area contributed by atoms with E-state index < -0.39 is 5.43 Å². The van der Waals surface area contributed by atoms with Crippen molar-refractivity contribution in [3.63, 3.8) is 0 Å². The quantitative estimate of drug-likeness (QED) is 0.463. The molecule has 1 N–H and O–H groups in total. The van der Waals surface area contributed by atoms with Crippen LogP contribution >= 0.6 is 0 Å². The zero-order valence-electron chi connectivity index (χ0n) is 17.2. The molecule has 5 heteroatoms. The Morgan fingerprint density at radius 3 is 2.22 bits per heavy atom. The molecule has 0 fully saturated rings. The van der Waals surface area contributed by atoms with Crippen LogP contribution in [-0.2, 0) is 6.54 Å². The summed E-state index contributed by atoms with van der Waals surface area (Å²) in [6.07, 6.45) is 3.20. The van der Waals surface area contributed by atoms with Gasteiger partial charge in [-0.3, -0.25) is 9.59 Å². The molecule has 3 aromatic carbocycles. The van der Waals surface area contributed by atoms with Crippen molar-refractivity contribution in [1.82, 2.24) is 9.13 Å². The number of hydrogen-bond acceptors (Lipinski definition) is 3. The standard InChI is InChI=1S/C27H20N2O3/c30-25-15-24(17-28-16-22-10-5-4-9-21(22)14-27(28)32)29(18-26(25)31)23-12-6-11-20(13-23)19-7-2-1-3-8-19/h1-16,18,31H,17H2. The van der Waals surface area contributed by atoms with Crippen molar-refractivity contribution >= 4 is 10.8 Å². The number of hydrogen-bond donors (Lipinski definition) is 1. The molecule has 0 aliphatic heterocycles. The van der Waals surface area contributed by atoms with E-state index in [-0.39, 0.29) is 17.9 Å². The molecule has 5 nitrogen and oxygen atoms in total. The lowest BCUT2D eigenvalue weighted by Gasteiger charge is -2.16. The lowest BCUT2D eigenvalue weighted by Crippen LogP contribution is -2.22. The highest BCUT2D eigenvalue weighted by Gasteiger charge is 2.11. The second-order valence-electron chi connectivity index (χ2n) is 7.67. The van der Waals surface area contributed by atoms with Crippen molar-refractivity contribution in [3.8, 4) is 22.6 Å². The Balaban J connectivity index is 1.63. The predicted molar refractivity (Wildman–Crippen MR) is 126 cm³/mol. The second kappa shape index (κ2) is 8.04. The Morgan fingerprint density at radius 1 is 0.688 bits per heavy atom. The van der Waals surface area contributed by atoms with Crippen LogP contribution in [0.4, 0.5) is 0 Å². The first-order valence-corrected chi connectivity index (χ1v) is 10.3. The summed E-state index contributed by atoms with van der Waals surface area (Å²) in [5.74, 6) is -0.343. The first kappa shape index (κ1) is 19.6. The van der Waals surface area contributed by atoms with E-state index in [9.17, 15) is 14.7 Å². The summed E-state index contributed by atoms with van der Waals surface area (Å²) in [6, 6.07) is 28.4. The summed E-state index contributed by atoms with van der Waals surface area (Å²) < 4.78 is 3.33. The van der Waals surface area contributed by atoms with Gasteiger partial charge >= 0.3 is 0 Å². The van der Waals surface area contributed by atoms with Gasteiger partial charge in [-0.15, -0.1) is 0 Å². The highest BCUT2D eigenvalue weighted by atomic mass is 16.3. The van der Waals surface area contributed by atoms with Crippen molar-refractivity contribution in [2.75, 3.05) is 0 Å². The van der Waals surface area contributed by atoms with E-state index in [1.165, 1.54) is 12.3 Å². The maximum absolute atomic E-state index is 12.7. The molecule has 156 valence electrons. The number of aromatic nitrogens is 2. The maximum atomic E-state index is 12.7. The molecular weight excluding hydrogens is 400 g/mol. The molecule has 0 aliphatic carbocycles. The van der Waals surface area contributed by atoms with Crippen LogP contribution in [0.25, 0.3) is 27.6 Å². The fraction of sp³-hybridized carbons (Fsp3) is 0.0370. The molecule has 0 saturated heterocycles. The van der Waals surface area contributed by atoms with Crippen molar-refractivity contribution in [1.29, 1.82) is 0 Å². The number of fused-ring (bicyclic) bond motifs is 1. The average Bonchev–Trinajstić information content (AvgIpc) is 2.82. The lowest BCUT2D eigenvalue weighted by atomic mass is 10.1. The van der Waals surface area contributed by atoms with Crippen molar-refractivity contribution in [2.45, 2.75) is 6.54 Å². The number of pyridine rings is 2. The minimum absolute atomic E-state index is 0.159. The van der Waals surface area contributed by atoms with Gasteiger partial charge in [-0.05, 0) is 34.0 Å². The fourth-order valence-corrected chi connectivity index (χ4v) is 3.90. The Morgan fingerprint density at radius 2 is 1.41 bits per heavy atom. The highest BCUT2D eigenvalue weighted by Crippen LogP contribution is 2.23. The van der Waals surface area contributed by atoms with Crippen LogP contribution in [0.15, 0.2) is 113 Å². The zero-order chi connectivity index (χ0) is 22.1.